The van der Waals surface area contributed by atoms with Gasteiger partial charge in [0.05, 0.1) is 13.2 Å². The smallest absolute Gasteiger partial charge is 0.338 e. The molecule has 2 unspecified atom stereocenters. The number of hydrogen-bond acceptors (Lipinski definition) is 8. The van der Waals surface area contributed by atoms with Gasteiger partial charge >= 0.3 is 11.9 Å². The monoisotopic (exact) mass is 278 g/mol. The highest BCUT2D eigenvalue weighted by molar-refractivity contribution is 5.84. The second-order valence-corrected chi connectivity index (χ2v) is 4.37. The topological polar surface area (TPSA) is 143 Å². The van der Waals surface area contributed by atoms with Gasteiger partial charge in [0.2, 0.25) is 0 Å². The Hall–Kier alpha value is -1.26. The van der Waals surface area contributed by atoms with Crippen molar-refractivity contribution in [1.82, 2.24) is 0 Å². The predicted octanol–water partition coefficient (Wildman–Crippen LogP) is -3.14. The van der Waals surface area contributed by atoms with Crippen LogP contribution in [-0.4, -0.2) is 82.2 Å². The molecule has 9 heteroatoms. The minimum absolute atomic E-state index is 0.0337. The number of esters is 1. The van der Waals surface area contributed by atoms with Crippen molar-refractivity contribution >= 4 is 11.9 Å². The molecule has 19 heavy (non-hydrogen) atoms. The average Bonchev–Trinajstić information content (AvgIpc) is 2.92. The van der Waals surface area contributed by atoms with Gasteiger partial charge in [0.15, 0.2) is 18.3 Å². The van der Waals surface area contributed by atoms with Crippen LogP contribution in [0.2, 0.25) is 0 Å². The minimum atomic E-state index is -2.26. The summed E-state index contributed by atoms with van der Waals surface area (Å²) < 4.78 is 15.2. The highest BCUT2D eigenvalue weighted by Crippen LogP contribution is 2.29. The summed E-state index contributed by atoms with van der Waals surface area (Å²) in [6.45, 7) is 0.0116. The summed E-state index contributed by atoms with van der Waals surface area (Å²) in [6.07, 6.45) is -7.40. The number of aliphatic hydroxyl groups excluding tert-OH is 3. The van der Waals surface area contributed by atoms with Crippen LogP contribution in [-0.2, 0) is 23.8 Å². The fourth-order valence-corrected chi connectivity index (χ4v) is 2.03. The number of ether oxygens (including phenoxy) is 3. The molecule has 0 spiro atoms. The molecular weight excluding hydrogens is 264 g/mol. The SMILES string of the molecule is O=C(O)C(O)C(O)C(=O)O[C@H]1CO[C@H]2[C@@H]1OC[C@H]2O. The maximum Gasteiger partial charge on any atom is 0.338 e. The molecule has 9 nitrogen and oxygen atoms in total. The number of rotatable bonds is 4. The van der Waals surface area contributed by atoms with Crippen molar-refractivity contribution in [3.63, 3.8) is 0 Å². The van der Waals surface area contributed by atoms with Gasteiger partial charge in [-0.15, -0.1) is 0 Å². The van der Waals surface area contributed by atoms with E-state index in [-0.39, 0.29) is 13.2 Å². The molecule has 4 N–H and O–H groups in total. The second-order valence-electron chi connectivity index (χ2n) is 4.37. The third-order valence-corrected chi connectivity index (χ3v) is 3.04. The molecule has 6 atom stereocenters. The molecule has 2 rings (SSSR count). The van der Waals surface area contributed by atoms with Crippen LogP contribution < -0.4 is 0 Å². The van der Waals surface area contributed by atoms with Crippen LogP contribution in [0, 0.1) is 0 Å². The van der Waals surface area contributed by atoms with Gasteiger partial charge in [-0.3, -0.25) is 0 Å². The Kier molecular flexibility index (Phi) is 4.02. The maximum absolute atomic E-state index is 11.4. The molecule has 0 aliphatic carbocycles. The number of aliphatic carboxylic acids is 1. The summed E-state index contributed by atoms with van der Waals surface area (Å²) in [7, 11) is 0. The van der Waals surface area contributed by atoms with E-state index in [1.54, 1.807) is 0 Å². The molecule has 0 radical (unpaired) electrons. The summed E-state index contributed by atoms with van der Waals surface area (Å²) >= 11 is 0. The Balaban J connectivity index is 1.91. The van der Waals surface area contributed by atoms with Gasteiger partial charge < -0.3 is 34.6 Å². The Morgan fingerprint density at radius 3 is 2.37 bits per heavy atom. The highest BCUT2D eigenvalue weighted by Gasteiger charge is 2.49. The molecule has 0 bridgehead atoms. The fourth-order valence-electron chi connectivity index (χ4n) is 2.03. The molecule has 0 saturated carbocycles. The number of fused-ring (bicyclic) bond motifs is 1. The zero-order chi connectivity index (χ0) is 14.2. The molecule has 2 aliphatic heterocycles. The molecule has 2 heterocycles. The van der Waals surface area contributed by atoms with Crippen molar-refractivity contribution in [3.05, 3.63) is 0 Å². The number of carbonyl (C=O) groups excluding carboxylic acids is 1. The van der Waals surface area contributed by atoms with E-state index in [0.717, 1.165) is 0 Å². The first kappa shape index (κ1) is 14.2. The van der Waals surface area contributed by atoms with E-state index in [1.165, 1.54) is 0 Å². The summed E-state index contributed by atoms with van der Waals surface area (Å²) in [4.78, 5) is 21.9. The van der Waals surface area contributed by atoms with Crippen molar-refractivity contribution in [2.24, 2.45) is 0 Å². The Morgan fingerprint density at radius 2 is 1.74 bits per heavy atom. The van der Waals surface area contributed by atoms with E-state index >= 15 is 0 Å². The van der Waals surface area contributed by atoms with Gasteiger partial charge in [-0.05, 0) is 0 Å². The lowest BCUT2D eigenvalue weighted by Gasteiger charge is -2.19. The lowest BCUT2D eigenvalue weighted by Crippen LogP contribution is -2.44. The van der Waals surface area contributed by atoms with Crippen molar-refractivity contribution in [1.29, 1.82) is 0 Å². The predicted molar refractivity (Wildman–Crippen MR) is 55.0 cm³/mol. The number of aliphatic hydroxyl groups is 3. The van der Waals surface area contributed by atoms with Gasteiger partial charge in [-0.2, -0.15) is 0 Å². The van der Waals surface area contributed by atoms with E-state index < -0.39 is 48.6 Å². The van der Waals surface area contributed by atoms with Gasteiger partial charge in [0.1, 0.15) is 18.3 Å². The Bertz CT molecular complexity index is 370. The van der Waals surface area contributed by atoms with Crippen molar-refractivity contribution in [2.75, 3.05) is 13.2 Å². The quantitative estimate of drug-likeness (QED) is 0.392. The van der Waals surface area contributed by atoms with Crippen molar-refractivity contribution < 1.29 is 44.2 Å². The van der Waals surface area contributed by atoms with Gasteiger partial charge in [-0.25, -0.2) is 9.59 Å². The summed E-state index contributed by atoms with van der Waals surface area (Å²) in [6, 6.07) is 0. The van der Waals surface area contributed by atoms with Gasteiger partial charge in [-0.1, -0.05) is 0 Å². The molecule has 2 fully saturated rings. The standard InChI is InChI=1S/C10H14O9/c11-3-1-17-8-4(2-18-7(3)8)19-10(16)6(13)5(12)9(14)15/h3-8,11-13H,1-2H2,(H,14,15)/t3-,4+,5?,6?,7-,8-/m1/s1. The molecule has 2 aliphatic rings. The lowest BCUT2D eigenvalue weighted by molar-refractivity contribution is -0.176. The van der Waals surface area contributed by atoms with E-state index in [0.29, 0.717) is 0 Å². The van der Waals surface area contributed by atoms with E-state index in [1.807, 2.05) is 0 Å². The first-order chi connectivity index (χ1) is 8.91. The lowest BCUT2D eigenvalue weighted by atomic mass is 10.1. The number of carboxylic acids is 1. The molecule has 108 valence electrons. The fraction of sp³-hybridized carbons (Fsp3) is 0.800. The molecule has 0 aromatic rings. The van der Waals surface area contributed by atoms with Crippen LogP contribution in [0.15, 0.2) is 0 Å². The van der Waals surface area contributed by atoms with Crippen LogP contribution in [0.3, 0.4) is 0 Å². The second kappa shape index (κ2) is 5.39. The zero-order valence-corrected chi connectivity index (χ0v) is 9.71. The third kappa shape index (κ3) is 2.69. The van der Waals surface area contributed by atoms with Crippen LogP contribution in [0.4, 0.5) is 0 Å². The normalized spacial score (nSPS) is 36.6. The number of hydrogen-bond donors (Lipinski definition) is 4. The first-order valence-electron chi connectivity index (χ1n) is 5.62. The average molecular weight is 278 g/mol. The van der Waals surface area contributed by atoms with E-state index in [2.05, 4.69) is 0 Å². The summed E-state index contributed by atoms with van der Waals surface area (Å²) in [5.74, 6) is -3.02. The third-order valence-electron chi connectivity index (χ3n) is 3.04. The van der Waals surface area contributed by atoms with Crippen molar-refractivity contribution in [3.8, 4) is 0 Å². The summed E-state index contributed by atoms with van der Waals surface area (Å²) in [5.41, 5.74) is 0. The Labute approximate surface area is 107 Å². The van der Waals surface area contributed by atoms with Crippen LogP contribution in [0.5, 0.6) is 0 Å². The molecule has 2 saturated heterocycles. The maximum atomic E-state index is 11.4. The van der Waals surface area contributed by atoms with E-state index in [9.17, 15) is 19.8 Å². The molecular formula is C10H14O9. The largest absolute Gasteiger partial charge is 0.479 e. The van der Waals surface area contributed by atoms with Crippen LogP contribution >= 0.6 is 0 Å². The summed E-state index contributed by atoms with van der Waals surface area (Å²) in [5, 5.41) is 36.2. The zero-order valence-electron chi connectivity index (χ0n) is 9.71. The minimum Gasteiger partial charge on any atom is -0.479 e. The van der Waals surface area contributed by atoms with Crippen LogP contribution in [0.1, 0.15) is 0 Å². The van der Waals surface area contributed by atoms with Crippen molar-refractivity contribution in [2.45, 2.75) is 36.6 Å². The highest BCUT2D eigenvalue weighted by atomic mass is 16.6. The molecule has 0 aromatic carbocycles. The first-order valence-corrected chi connectivity index (χ1v) is 5.62. The number of carboxylic acid groups (broad SMARTS) is 1. The molecule has 0 amide bonds. The number of carbonyl (C=O) groups is 2. The van der Waals surface area contributed by atoms with E-state index in [4.69, 9.17) is 24.4 Å². The molecule has 0 aromatic heterocycles. The van der Waals surface area contributed by atoms with Gasteiger partial charge in [0.25, 0.3) is 0 Å². The Morgan fingerprint density at radius 1 is 1.11 bits per heavy atom. The van der Waals surface area contributed by atoms with Gasteiger partial charge in [0, 0.05) is 0 Å². The van der Waals surface area contributed by atoms with Crippen LogP contribution in [0.25, 0.3) is 0 Å².